The number of carbonyl (C=O) groups excluding carboxylic acids is 2. The quantitative estimate of drug-likeness (QED) is 0.556. The van der Waals surface area contributed by atoms with E-state index >= 15 is 4.39 Å². The Morgan fingerprint density at radius 2 is 1.84 bits per heavy atom. The molecule has 2 aliphatic heterocycles. The predicted octanol–water partition coefficient (Wildman–Crippen LogP) is 5.05. The van der Waals surface area contributed by atoms with Crippen molar-refractivity contribution in [2.24, 2.45) is 11.8 Å². The van der Waals surface area contributed by atoms with Crippen LogP contribution in [0.5, 0.6) is 0 Å². The Kier molecular flexibility index (Phi) is 7.67. The van der Waals surface area contributed by atoms with Crippen LogP contribution in [0.3, 0.4) is 0 Å². The number of benzene rings is 1. The second-order valence-corrected chi connectivity index (χ2v) is 11.6. The van der Waals surface area contributed by atoms with E-state index in [0.717, 1.165) is 18.7 Å². The summed E-state index contributed by atoms with van der Waals surface area (Å²) in [6, 6.07) is 5.85. The van der Waals surface area contributed by atoms with Gasteiger partial charge >= 0.3 is 6.09 Å². The third kappa shape index (κ3) is 6.54. The highest BCUT2D eigenvalue weighted by molar-refractivity contribution is 5.92. The summed E-state index contributed by atoms with van der Waals surface area (Å²) < 4.78 is 21.0. The number of aromatic nitrogens is 2. The lowest BCUT2D eigenvalue weighted by atomic mass is 9.82. The van der Waals surface area contributed by atoms with Crippen LogP contribution in [0.2, 0.25) is 0 Å². The van der Waals surface area contributed by atoms with Crippen molar-refractivity contribution in [3.05, 3.63) is 30.1 Å². The molecule has 2 atom stereocenters. The van der Waals surface area contributed by atoms with Crippen molar-refractivity contribution in [1.29, 1.82) is 5.26 Å². The molecule has 2 aliphatic rings. The molecule has 4 rings (SSSR count). The van der Waals surface area contributed by atoms with Gasteiger partial charge in [-0.3, -0.25) is 14.8 Å². The number of ketones is 1. The van der Waals surface area contributed by atoms with Crippen molar-refractivity contribution >= 4 is 28.6 Å². The number of amides is 1. The number of anilines is 1. The number of hydrogen-bond acceptors (Lipinski definition) is 7. The molecule has 0 unspecified atom stereocenters. The molecule has 0 N–H and O–H groups in total. The number of rotatable bonds is 5. The van der Waals surface area contributed by atoms with E-state index in [0.29, 0.717) is 35.5 Å². The van der Waals surface area contributed by atoms with E-state index < -0.39 is 17.4 Å². The number of halogens is 1. The van der Waals surface area contributed by atoms with Gasteiger partial charge in [0.05, 0.1) is 11.3 Å². The molecule has 1 aromatic heterocycles. The molecular weight excluding hydrogens is 473 g/mol. The summed E-state index contributed by atoms with van der Waals surface area (Å²) >= 11 is 0. The van der Waals surface area contributed by atoms with Gasteiger partial charge in [-0.05, 0) is 64.0 Å². The van der Waals surface area contributed by atoms with Crippen LogP contribution in [0.1, 0.15) is 65.4 Å². The summed E-state index contributed by atoms with van der Waals surface area (Å²) in [6.45, 7) is 9.55. The highest BCUT2D eigenvalue weighted by atomic mass is 19.1. The van der Waals surface area contributed by atoms with Gasteiger partial charge in [0, 0.05) is 51.4 Å². The lowest BCUT2D eigenvalue weighted by Crippen LogP contribution is -2.47. The third-order valence-corrected chi connectivity index (χ3v) is 7.15. The SMILES string of the molecule is C[C@H]1C[C@@H](CC(=O)CC2(F)CCN(C(=O)OC(C)(C)C)CC2)CN(c2ccc(C#N)c3nccnc23)C1. The van der Waals surface area contributed by atoms with E-state index in [1.807, 2.05) is 6.07 Å². The number of hydrogen-bond donors (Lipinski definition) is 0. The minimum Gasteiger partial charge on any atom is -0.444 e. The number of ether oxygens (including phenoxy) is 1. The molecule has 0 aliphatic carbocycles. The lowest BCUT2D eigenvalue weighted by molar-refractivity contribution is -0.123. The van der Waals surface area contributed by atoms with Crippen LogP contribution in [-0.4, -0.2) is 64.2 Å². The molecule has 2 saturated heterocycles. The standard InChI is InChI=1S/C28H36FN5O3/c1-19-13-20(18-34(17-19)23-6-5-21(16-30)24-25(23)32-10-9-31-24)14-22(35)15-28(29)7-11-33(12-8-28)26(36)37-27(2,3)4/h5-6,9-10,19-20H,7-8,11-15,17-18H2,1-4H3/t19-,20-/m0/s1. The van der Waals surface area contributed by atoms with Crippen LogP contribution in [0, 0.1) is 23.2 Å². The largest absolute Gasteiger partial charge is 0.444 e. The van der Waals surface area contributed by atoms with Crippen LogP contribution in [-0.2, 0) is 9.53 Å². The first kappa shape index (κ1) is 26.8. The smallest absolute Gasteiger partial charge is 0.410 e. The van der Waals surface area contributed by atoms with Gasteiger partial charge < -0.3 is 14.5 Å². The normalized spacial score (nSPS) is 21.9. The Balaban J connectivity index is 1.37. The Morgan fingerprint density at radius 1 is 1.16 bits per heavy atom. The maximum Gasteiger partial charge on any atom is 0.410 e. The highest BCUT2D eigenvalue weighted by Gasteiger charge is 2.39. The number of alkyl halides is 1. The zero-order valence-corrected chi connectivity index (χ0v) is 22.2. The van der Waals surface area contributed by atoms with Crippen LogP contribution >= 0.6 is 0 Å². The van der Waals surface area contributed by atoms with Crippen molar-refractivity contribution in [3.8, 4) is 6.07 Å². The fourth-order valence-electron chi connectivity index (χ4n) is 5.55. The lowest BCUT2D eigenvalue weighted by Gasteiger charge is -2.39. The number of Topliss-reactive ketones (excluding diaryl/α,β-unsaturated/α-hetero) is 1. The minimum absolute atomic E-state index is 0.0725. The van der Waals surface area contributed by atoms with Crippen molar-refractivity contribution in [2.75, 3.05) is 31.1 Å². The maximum absolute atomic E-state index is 15.6. The molecular formula is C28H36FN5O3. The van der Waals surface area contributed by atoms with Crippen molar-refractivity contribution < 1.29 is 18.7 Å². The van der Waals surface area contributed by atoms with Gasteiger partial charge in [-0.15, -0.1) is 0 Å². The Bertz CT molecular complexity index is 1200. The van der Waals surface area contributed by atoms with Gasteiger partial charge in [0.2, 0.25) is 0 Å². The summed E-state index contributed by atoms with van der Waals surface area (Å²) in [5, 5.41) is 9.44. The van der Waals surface area contributed by atoms with E-state index in [2.05, 4.69) is 27.9 Å². The first-order valence-electron chi connectivity index (χ1n) is 13.0. The zero-order valence-electron chi connectivity index (χ0n) is 22.2. The summed E-state index contributed by atoms with van der Waals surface area (Å²) in [6.07, 6.45) is 4.15. The van der Waals surface area contributed by atoms with Crippen molar-refractivity contribution in [2.45, 2.75) is 71.1 Å². The van der Waals surface area contributed by atoms with E-state index in [1.165, 1.54) is 4.90 Å². The van der Waals surface area contributed by atoms with Crippen molar-refractivity contribution in [1.82, 2.24) is 14.9 Å². The third-order valence-electron chi connectivity index (χ3n) is 7.15. The van der Waals surface area contributed by atoms with Crippen LogP contribution < -0.4 is 4.90 Å². The Morgan fingerprint density at radius 3 is 2.49 bits per heavy atom. The second-order valence-electron chi connectivity index (χ2n) is 11.6. The number of likely N-dealkylation sites (tertiary alicyclic amines) is 1. The molecule has 0 radical (unpaired) electrons. The molecule has 2 aromatic rings. The van der Waals surface area contributed by atoms with Gasteiger partial charge in [0.25, 0.3) is 0 Å². The summed E-state index contributed by atoms with van der Waals surface area (Å²) in [7, 11) is 0. The molecule has 3 heterocycles. The first-order valence-corrected chi connectivity index (χ1v) is 13.0. The van der Waals surface area contributed by atoms with Crippen LogP contribution in [0.4, 0.5) is 14.9 Å². The highest BCUT2D eigenvalue weighted by Crippen LogP contribution is 2.35. The maximum atomic E-state index is 15.6. The van der Waals surface area contributed by atoms with Gasteiger partial charge in [-0.1, -0.05) is 6.92 Å². The van der Waals surface area contributed by atoms with Gasteiger partial charge in [-0.2, -0.15) is 5.26 Å². The van der Waals surface area contributed by atoms with Crippen molar-refractivity contribution in [3.63, 3.8) is 0 Å². The summed E-state index contributed by atoms with van der Waals surface area (Å²) in [5.74, 6) is 0.381. The number of piperidine rings is 2. The van der Waals surface area contributed by atoms with Gasteiger partial charge in [-0.25, -0.2) is 9.18 Å². The zero-order chi connectivity index (χ0) is 26.8. The molecule has 1 aromatic carbocycles. The first-order chi connectivity index (χ1) is 17.5. The molecule has 0 bridgehead atoms. The molecule has 0 spiro atoms. The molecule has 1 amide bonds. The van der Waals surface area contributed by atoms with E-state index in [4.69, 9.17) is 4.74 Å². The number of fused-ring (bicyclic) bond motifs is 1. The monoisotopic (exact) mass is 509 g/mol. The van der Waals surface area contributed by atoms with Gasteiger partial charge in [0.1, 0.15) is 34.2 Å². The Labute approximate surface area is 217 Å². The van der Waals surface area contributed by atoms with Crippen LogP contribution in [0.15, 0.2) is 24.5 Å². The fourth-order valence-corrected chi connectivity index (χ4v) is 5.55. The van der Waals surface area contributed by atoms with E-state index in [9.17, 15) is 14.9 Å². The Hall–Kier alpha value is -3.28. The molecule has 0 saturated carbocycles. The second kappa shape index (κ2) is 10.6. The summed E-state index contributed by atoms with van der Waals surface area (Å²) in [5.41, 5.74) is 0.454. The average Bonchev–Trinajstić information content (AvgIpc) is 2.82. The molecule has 2 fully saturated rings. The molecule has 8 nitrogen and oxygen atoms in total. The topological polar surface area (TPSA) is 99.4 Å². The molecule has 198 valence electrons. The number of carbonyl (C=O) groups is 2. The number of nitrogens with zero attached hydrogens (tertiary/aromatic N) is 5. The average molecular weight is 510 g/mol. The van der Waals surface area contributed by atoms with E-state index in [1.54, 1.807) is 39.2 Å². The predicted molar refractivity (Wildman–Crippen MR) is 139 cm³/mol. The van der Waals surface area contributed by atoms with Gasteiger partial charge in [0.15, 0.2) is 0 Å². The molecule has 37 heavy (non-hydrogen) atoms. The number of nitriles is 1. The van der Waals surface area contributed by atoms with E-state index in [-0.39, 0.29) is 44.1 Å². The van der Waals surface area contributed by atoms with Crippen LogP contribution in [0.25, 0.3) is 11.0 Å². The fraction of sp³-hybridized carbons (Fsp3) is 0.607. The molecule has 9 heteroatoms. The minimum atomic E-state index is -1.59. The summed E-state index contributed by atoms with van der Waals surface area (Å²) in [4.78, 5) is 37.9.